The molecule has 3 heteroatoms. The van der Waals surface area contributed by atoms with Gasteiger partial charge in [-0.2, -0.15) is 0 Å². The number of carboxylic acid groups (broad SMARTS) is 1. The second kappa shape index (κ2) is 2.27. The molecule has 1 N–H and O–H groups in total. The van der Waals surface area contributed by atoms with E-state index in [1.54, 1.807) is 0 Å². The summed E-state index contributed by atoms with van der Waals surface area (Å²) >= 11 is 0. The lowest BCUT2D eigenvalue weighted by Crippen LogP contribution is -2.51. The number of carbonyl (C=O) groups excluding carboxylic acids is 1. The van der Waals surface area contributed by atoms with Crippen LogP contribution in [0.3, 0.4) is 0 Å². The van der Waals surface area contributed by atoms with Crippen LogP contribution in [0.5, 0.6) is 0 Å². The Hall–Kier alpha value is -0.570. The minimum atomic E-state index is -1.06. The molecule has 0 aliphatic heterocycles. The van der Waals surface area contributed by atoms with Crippen LogP contribution in [0.2, 0.25) is 0 Å². The molecule has 0 aromatic carbocycles. The van der Waals surface area contributed by atoms with Crippen molar-refractivity contribution in [2.24, 2.45) is 16.7 Å². The topological polar surface area (TPSA) is 60.4 Å². The molecule has 0 unspecified atom stereocenters. The standard InChI is InChI=1S/C10H16O3/c1-9(2)6-3-4-10(5-6,7(9)11)8(12)13/h6-7,11H,3-5H2,1-2H3,(H,12,13)/p-1/t6-,7-,10-/m1/s1. The Bertz CT molecular complexity index is 259. The van der Waals surface area contributed by atoms with E-state index in [0.29, 0.717) is 18.8 Å². The van der Waals surface area contributed by atoms with Crippen molar-refractivity contribution in [3.63, 3.8) is 0 Å². The maximum Gasteiger partial charge on any atom is 0.0702 e. The normalized spacial score (nSPS) is 46.7. The zero-order valence-electron chi connectivity index (χ0n) is 8.04. The first kappa shape index (κ1) is 9.00. The van der Waals surface area contributed by atoms with Crippen LogP contribution in [0.1, 0.15) is 33.1 Å². The Morgan fingerprint density at radius 1 is 1.54 bits per heavy atom. The van der Waals surface area contributed by atoms with Gasteiger partial charge in [0.05, 0.1) is 12.1 Å². The predicted molar refractivity (Wildman–Crippen MR) is 44.6 cm³/mol. The summed E-state index contributed by atoms with van der Waals surface area (Å²) in [6.07, 6.45) is 1.37. The molecule has 0 aromatic rings. The fourth-order valence-electron chi connectivity index (χ4n) is 3.19. The molecule has 2 bridgehead atoms. The summed E-state index contributed by atoms with van der Waals surface area (Å²) in [4.78, 5) is 11.0. The zero-order valence-corrected chi connectivity index (χ0v) is 8.04. The minimum absolute atomic E-state index is 0.252. The number of fused-ring (bicyclic) bond motifs is 2. The van der Waals surface area contributed by atoms with E-state index in [4.69, 9.17) is 0 Å². The lowest BCUT2D eigenvalue weighted by Gasteiger charge is -2.41. The highest BCUT2D eigenvalue weighted by atomic mass is 16.4. The predicted octanol–water partition coefficient (Wildman–Crippen LogP) is -0.0765. The summed E-state index contributed by atoms with van der Waals surface area (Å²) in [5.41, 5.74) is -1.19. The minimum Gasteiger partial charge on any atom is -0.549 e. The van der Waals surface area contributed by atoms with Crippen molar-refractivity contribution in [1.29, 1.82) is 0 Å². The van der Waals surface area contributed by atoms with Gasteiger partial charge in [-0.25, -0.2) is 0 Å². The van der Waals surface area contributed by atoms with Gasteiger partial charge in [0.2, 0.25) is 0 Å². The first-order valence-electron chi connectivity index (χ1n) is 4.81. The third-order valence-electron chi connectivity index (χ3n) is 4.24. The summed E-state index contributed by atoms with van der Waals surface area (Å²) in [5, 5.41) is 21.0. The highest BCUT2D eigenvalue weighted by molar-refractivity contribution is 5.75. The summed E-state index contributed by atoms with van der Waals surface area (Å²) in [7, 11) is 0. The molecular weight excluding hydrogens is 168 g/mol. The van der Waals surface area contributed by atoms with E-state index >= 15 is 0 Å². The van der Waals surface area contributed by atoms with Crippen LogP contribution in [-0.4, -0.2) is 17.2 Å². The van der Waals surface area contributed by atoms with Crippen LogP contribution in [0.4, 0.5) is 0 Å². The SMILES string of the molecule is CC1(C)[C@@H]2CC[C@@](C(=O)[O-])(C2)[C@@H]1O. The van der Waals surface area contributed by atoms with Gasteiger partial charge in [0.15, 0.2) is 0 Å². The smallest absolute Gasteiger partial charge is 0.0702 e. The van der Waals surface area contributed by atoms with Crippen LogP contribution >= 0.6 is 0 Å². The quantitative estimate of drug-likeness (QED) is 0.618. The maximum atomic E-state index is 11.0. The average molecular weight is 183 g/mol. The molecule has 74 valence electrons. The number of aliphatic hydroxyl groups excluding tert-OH is 1. The number of aliphatic carboxylic acids is 1. The van der Waals surface area contributed by atoms with Crippen molar-refractivity contribution in [3.8, 4) is 0 Å². The third kappa shape index (κ3) is 0.857. The van der Waals surface area contributed by atoms with Crippen LogP contribution in [-0.2, 0) is 4.79 Å². The monoisotopic (exact) mass is 183 g/mol. The highest BCUT2D eigenvalue weighted by Crippen LogP contribution is 2.62. The number of carboxylic acids is 1. The number of hydrogen-bond donors (Lipinski definition) is 1. The number of aliphatic hydroxyl groups is 1. The molecule has 2 aliphatic carbocycles. The van der Waals surface area contributed by atoms with Gasteiger partial charge in [0.25, 0.3) is 0 Å². The average Bonchev–Trinajstić information content (AvgIpc) is 2.53. The first-order valence-corrected chi connectivity index (χ1v) is 4.81. The largest absolute Gasteiger partial charge is 0.549 e. The van der Waals surface area contributed by atoms with Gasteiger partial charge >= 0.3 is 0 Å². The molecule has 0 radical (unpaired) electrons. The molecule has 13 heavy (non-hydrogen) atoms. The number of hydrogen-bond acceptors (Lipinski definition) is 3. The maximum absolute atomic E-state index is 11.0. The first-order chi connectivity index (χ1) is 5.91. The molecule has 2 fully saturated rings. The van der Waals surface area contributed by atoms with Gasteiger partial charge in [-0.3, -0.25) is 0 Å². The molecule has 2 rings (SSSR count). The van der Waals surface area contributed by atoms with E-state index in [1.165, 1.54) is 0 Å². The van der Waals surface area contributed by atoms with Crippen LogP contribution in [0.25, 0.3) is 0 Å². The molecule has 2 aliphatic rings. The Morgan fingerprint density at radius 2 is 2.15 bits per heavy atom. The highest BCUT2D eigenvalue weighted by Gasteiger charge is 2.61. The molecule has 0 heterocycles. The van der Waals surface area contributed by atoms with Crippen LogP contribution in [0.15, 0.2) is 0 Å². The second-order valence-corrected chi connectivity index (χ2v) is 5.11. The van der Waals surface area contributed by atoms with E-state index in [-0.39, 0.29) is 5.41 Å². The van der Waals surface area contributed by atoms with Crippen LogP contribution in [0, 0.1) is 16.7 Å². The molecule has 0 saturated heterocycles. The van der Waals surface area contributed by atoms with Crippen molar-refractivity contribution >= 4 is 5.97 Å². The molecule has 3 atom stereocenters. The van der Waals surface area contributed by atoms with Gasteiger partial charge in [0, 0.05) is 5.41 Å². The van der Waals surface area contributed by atoms with Crippen molar-refractivity contribution < 1.29 is 15.0 Å². The van der Waals surface area contributed by atoms with Gasteiger partial charge in [-0.15, -0.1) is 0 Å². The fraction of sp³-hybridized carbons (Fsp3) is 0.900. The Kier molecular flexibility index (Phi) is 1.57. The van der Waals surface area contributed by atoms with E-state index in [9.17, 15) is 15.0 Å². The van der Waals surface area contributed by atoms with Crippen molar-refractivity contribution in [2.45, 2.75) is 39.2 Å². The molecule has 0 amide bonds. The summed E-state index contributed by atoms with van der Waals surface area (Å²) in [6.45, 7) is 3.90. The molecule has 2 saturated carbocycles. The number of carbonyl (C=O) groups is 1. The van der Waals surface area contributed by atoms with Crippen molar-refractivity contribution in [2.75, 3.05) is 0 Å². The lowest BCUT2D eigenvalue weighted by molar-refractivity contribution is -0.324. The van der Waals surface area contributed by atoms with Gasteiger partial charge < -0.3 is 15.0 Å². The zero-order chi connectivity index (χ0) is 9.85. The second-order valence-electron chi connectivity index (χ2n) is 5.11. The Balaban J connectivity index is 2.40. The summed E-state index contributed by atoms with van der Waals surface area (Å²) < 4.78 is 0. The Labute approximate surface area is 77.8 Å². The van der Waals surface area contributed by atoms with E-state index in [0.717, 1.165) is 6.42 Å². The van der Waals surface area contributed by atoms with E-state index in [2.05, 4.69) is 0 Å². The molecule has 0 spiro atoms. The Morgan fingerprint density at radius 3 is 2.46 bits per heavy atom. The van der Waals surface area contributed by atoms with Crippen LogP contribution < -0.4 is 5.11 Å². The summed E-state index contributed by atoms with van der Waals surface area (Å²) in [6, 6.07) is 0. The number of rotatable bonds is 1. The van der Waals surface area contributed by atoms with Crippen molar-refractivity contribution in [3.05, 3.63) is 0 Å². The van der Waals surface area contributed by atoms with E-state index in [1.807, 2.05) is 13.8 Å². The lowest BCUT2D eigenvalue weighted by atomic mass is 9.69. The van der Waals surface area contributed by atoms with Gasteiger partial charge in [0.1, 0.15) is 0 Å². The van der Waals surface area contributed by atoms with E-state index < -0.39 is 17.5 Å². The molecular formula is C10H15O3-. The molecule has 3 nitrogen and oxygen atoms in total. The van der Waals surface area contributed by atoms with Gasteiger partial charge in [-0.05, 0) is 30.6 Å². The fourth-order valence-corrected chi connectivity index (χ4v) is 3.19. The molecule has 0 aromatic heterocycles. The van der Waals surface area contributed by atoms with Gasteiger partial charge in [-0.1, -0.05) is 13.8 Å². The summed E-state index contributed by atoms with van der Waals surface area (Å²) in [5.74, 6) is -0.714. The third-order valence-corrected chi connectivity index (χ3v) is 4.24. The van der Waals surface area contributed by atoms with Crippen molar-refractivity contribution in [1.82, 2.24) is 0 Å².